The van der Waals surface area contributed by atoms with Crippen molar-refractivity contribution in [2.45, 2.75) is 52.4 Å². The molecule has 0 aliphatic carbocycles. The number of aromatic hydroxyl groups is 1. The molecule has 0 saturated heterocycles. The number of aromatic nitrogens is 3. The summed E-state index contributed by atoms with van der Waals surface area (Å²) < 4.78 is 2.20. The summed E-state index contributed by atoms with van der Waals surface area (Å²) in [6.07, 6.45) is 1.88. The third-order valence-electron chi connectivity index (χ3n) is 10.1. The molecule has 0 fully saturated rings. The largest absolute Gasteiger partial charge is 0.507 e. The summed E-state index contributed by atoms with van der Waals surface area (Å²) in [6.45, 7) is 13.4. The number of phenols is 1. The Morgan fingerprint density at radius 2 is 1.15 bits per heavy atom. The van der Waals surface area contributed by atoms with Crippen molar-refractivity contribution in [3.05, 3.63) is 169 Å². The van der Waals surface area contributed by atoms with Crippen LogP contribution in [0.25, 0.3) is 72.7 Å². The number of rotatable bonds is 6. The second-order valence-electron chi connectivity index (χ2n) is 16.1. The van der Waals surface area contributed by atoms with Crippen molar-refractivity contribution < 1.29 is 26.2 Å². The van der Waals surface area contributed by atoms with Crippen LogP contribution in [-0.2, 0) is 31.9 Å². The first kappa shape index (κ1) is 37.7. The topological polar surface area (TPSA) is 50.9 Å². The summed E-state index contributed by atoms with van der Waals surface area (Å²) in [4.78, 5) is 10.3. The minimum atomic E-state index is -0.134. The zero-order valence-corrected chi connectivity index (χ0v) is 34.3. The molecule has 1 N–H and O–H groups in total. The van der Waals surface area contributed by atoms with Crippen molar-refractivity contribution in [1.29, 1.82) is 0 Å². The normalized spacial score (nSPS) is 11.7. The average Bonchev–Trinajstić information content (AvgIpc) is 3.57. The Morgan fingerprint density at radius 1 is 0.545 bits per heavy atom. The fourth-order valence-electron chi connectivity index (χ4n) is 7.07. The Labute approximate surface area is 338 Å². The van der Waals surface area contributed by atoms with Crippen molar-refractivity contribution in [2.24, 2.45) is 0 Å². The van der Waals surface area contributed by atoms with Gasteiger partial charge in [0.05, 0.1) is 16.6 Å². The third kappa shape index (κ3) is 7.57. The maximum Gasteiger partial charge on any atom is 0.148 e. The fraction of sp³-hybridized carbons (Fsp3) is 0.160. The number of benzene rings is 6. The Kier molecular flexibility index (Phi) is 10.2. The summed E-state index contributed by atoms with van der Waals surface area (Å²) in [5, 5.41) is 11.3. The van der Waals surface area contributed by atoms with E-state index in [0.29, 0.717) is 11.4 Å². The zero-order valence-electron chi connectivity index (χ0n) is 32.0. The van der Waals surface area contributed by atoms with E-state index in [0.717, 1.165) is 61.4 Å². The van der Waals surface area contributed by atoms with Crippen LogP contribution in [-0.4, -0.2) is 19.6 Å². The number of nitrogens with zero attached hydrogens (tertiary/aromatic N) is 3. The molecule has 276 valence electrons. The van der Waals surface area contributed by atoms with E-state index in [4.69, 9.17) is 9.97 Å². The van der Waals surface area contributed by atoms with E-state index in [2.05, 4.69) is 161 Å². The molecule has 0 radical (unpaired) electrons. The maximum absolute atomic E-state index is 11.3. The van der Waals surface area contributed by atoms with Crippen LogP contribution < -0.4 is 0 Å². The van der Waals surface area contributed by atoms with Crippen molar-refractivity contribution in [3.63, 3.8) is 0 Å². The monoisotopic (exact) mass is 897 g/mol. The summed E-state index contributed by atoms with van der Waals surface area (Å²) in [5.41, 5.74) is 13.8. The Morgan fingerprint density at radius 3 is 1.82 bits per heavy atom. The zero-order chi connectivity index (χ0) is 37.6. The first-order valence-electron chi connectivity index (χ1n) is 18.6. The number of hydrogen-bond acceptors (Lipinski definition) is 3. The first-order chi connectivity index (χ1) is 25.9. The molecule has 5 heteroatoms. The molecule has 0 bridgehead atoms. The smallest absolute Gasteiger partial charge is 0.148 e. The molecule has 0 saturated carbocycles. The van der Waals surface area contributed by atoms with Gasteiger partial charge in [0.15, 0.2) is 0 Å². The van der Waals surface area contributed by atoms with E-state index >= 15 is 0 Å². The van der Waals surface area contributed by atoms with E-state index < -0.39 is 0 Å². The minimum Gasteiger partial charge on any atom is -0.507 e. The predicted molar refractivity (Wildman–Crippen MR) is 224 cm³/mol. The number of pyridine rings is 1. The van der Waals surface area contributed by atoms with Gasteiger partial charge in [-0.25, -0.2) is 4.98 Å². The van der Waals surface area contributed by atoms with Crippen LogP contribution in [0.4, 0.5) is 0 Å². The first-order valence-corrected chi connectivity index (χ1v) is 18.6. The molecule has 0 spiro atoms. The summed E-state index contributed by atoms with van der Waals surface area (Å²) in [6, 6.07) is 54.0. The van der Waals surface area contributed by atoms with Gasteiger partial charge in [-0.3, -0.25) is 9.55 Å². The Hall–Kier alpha value is -5.57. The molecule has 0 unspecified atom stereocenters. The van der Waals surface area contributed by atoms with Gasteiger partial charge in [0.1, 0.15) is 11.6 Å². The summed E-state index contributed by atoms with van der Waals surface area (Å²) in [7, 11) is 0. The molecule has 8 rings (SSSR count). The van der Waals surface area contributed by atoms with E-state index in [1.54, 1.807) is 6.07 Å². The Balaban J connectivity index is 0.00000465. The van der Waals surface area contributed by atoms with Crippen LogP contribution in [0, 0.1) is 6.07 Å². The van der Waals surface area contributed by atoms with Crippen LogP contribution in [0.15, 0.2) is 152 Å². The van der Waals surface area contributed by atoms with E-state index in [9.17, 15) is 5.11 Å². The van der Waals surface area contributed by atoms with Crippen LogP contribution in [0.5, 0.6) is 5.75 Å². The molecular weight excluding hydrogens is 854 g/mol. The standard InChI is InChI=1S/C50H44N3O.Pt/c1-49(2,3)39-28-37(26-38(29-39)44-31-35(24-25-51-44)33-16-9-7-10-17-33)42-21-15-22-45-47(42)52-48(43-20-13-14-23-46(43)54)53(45)41-30-36(34-18-11-8-12-19-34)27-40(32-41)50(4,5)6;/h7-25,27-32,54H,1-6H3;/q-1;. The predicted octanol–water partition coefficient (Wildman–Crippen LogP) is 12.9. The third-order valence-corrected chi connectivity index (χ3v) is 10.1. The van der Waals surface area contributed by atoms with Crippen molar-refractivity contribution in [1.82, 2.24) is 14.5 Å². The number of phenolic OH excluding ortho intramolecular Hbond substituents is 1. The van der Waals surface area contributed by atoms with Crippen LogP contribution in [0.1, 0.15) is 52.7 Å². The van der Waals surface area contributed by atoms with E-state index in [1.807, 2.05) is 36.5 Å². The van der Waals surface area contributed by atoms with Crippen molar-refractivity contribution in [2.75, 3.05) is 0 Å². The molecule has 4 nitrogen and oxygen atoms in total. The van der Waals surface area contributed by atoms with Gasteiger partial charge in [0, 0.05) is 38.6 Å². The average molecular weight is 898 g/mol. The number of fused-ring (bicyclic) bond motifs is 1. The molecular formula is C50H44N3OPt-. The fourth-order valence-corrected chi connectivity index (χ4v) is 7.07. The number of para-hydroxylation sites is 2. The molecule has 2 aromatic heterocycles. The van der Waals surface area contributed by atoms with Gasteiger partial charge in [-0.15, -0.1) is 29.3 Å². The van der Waals surface area contributed by atoms with Crippen LogP contribution in [0.3, 0.4) is 0 Å². The molecule has 6 aromatic carbocycles. The Bertz CT molecular complexity index is 2630. The minimum absolute atomic E-state index is 0. The molecule has 2 heterocycles. The van der Waals surface area contributed by atoms with Gasteiger partial charge in [-0.2, -0.15) is 0 Å². The van der Waals surface area contributed by atoms with Gasteiger partial charge < -0.3 is 5.11 Å². The number of hydrogen-bond donors (Lipinski definition) is 1. The summed E-state index contributed by atoms with van der Waals surface area (Å²) in [5.74, 6) is 0.851. The molecule has 55 heavy (non-hydrogen) atoms. The molecule has 0 atom stereocenters. The summed E-state index contributed by atoms with van der Waals surface area (Å²) >= 11 is 0. The van der Waals surface area contributed by atoms with Gasteiger partial charge in [-0.05, 0) is 75.0 Å². The molecule has 8 aromatic rings. The van der Waals surface area contributed by atoms with E-state index in [1.165, 1.54) is 11.1 Å². The SMILES string of the molecule is CC(C)(C)c1cc(-c2cc(-c3ccccc3)ccn2)[c-]c(-c2cccc3c2nc(-c2ccccc2O)n3-c2cc(-c3ccccc3)cc(C(C)(C)C)c2)c1.[Pt]. The second kappa shape index (κ2) is 14.9. The molecule has 0 aliphatic heterocycles. The molecule has 0 aliphatic rings. The molecule has 0 amide bonds. The van der Waals surface area contributed by atoms with Crippen molar-refractivity contribution >= 4 is 11.0 Å². The van der Waals surface area contributed by atoms with E-state index in [-0.39, 0.29) is 37.6 Å². The van der Waals surface area contributed by atoms with Gasteiger partial charge in [0.2, 0.25) is 0 Å². The van der Waals surface area contributed by atoms with Gasteiger partial charge in [-0.1, -0.05) is 150 Å². The van der Waals surface area contributed by atoms with Gasteiger partial charge >= 0.3 is 0 Å². The van der Waals surface area contributed by atoms with Crippen molar-refractivity contribution in [3.8, 4) is 67.5 Å². The second-order valence-corrected chi connectivity index (χ2v) is 16.1. The number of imidazole rings is 1. The van der Waals surface area contributed by atoms with Crippen LogP contribution >= 0.6 is 0 Å². The van der Waals surface area contributed by atoms with Crippen LogP contribution in [0.2, 0.25) is 0 Å². The van der Waals surface area contributed by atoms with Gasteiger partial charge in [0.25, 0.3) is 0 Å². The quantitative estimate of drug-likeness (QED) is 0.169. The maximum atomic E-state index is 11.3.